The Kier molecular flexibility index (Phi) is 6.66. The average Bonchev–Trinajstić information content (AvgIpc) is 3.37. The van der Waals surface area contributed by atoms with Gasteiger partial charge in [0.25, 0.3) is 5.91 Å². The lowest BCUT2D eigenvalue weighted by atomic mass is 10.1. The van der Waals surface area contributed by atoms with Crippen molar-refractivity contribution in [3.63, 3.8) is 0 Å². The first kappa shape index (κ1) is 22.0. The van der Waals surface area contributed by atoms with Crippen LogP contribution in [0.25, 0.3) is 10.9 Å². The van der Waals surface area contributed by atoms with E-state index in [1.54, 1.807) is 35.8 Å². The number of rotatable bonds is 8. The van der Waals surface area contributed by atoms with Crippen LogP contribution in [0.3, 0.4) is 0 Å². The van der Waals surface area contributed by atoms with Gasteiger partial charge in [-0.1, -0.05) is 18.2 Å². The lowest BCUT2D eigenvalue weighted by Crippen LogP contribution is -2.32. The van der Waals surface area contributed by atoms with Gasteiger partial charge in [0.2, 0.25) is 5.91 Å². The molecule has 1 atom stereocenters. The number of para-hydroxylation sites is 1. The van der Waals surface area contributed by atoms with Gasteiger partial charge in [0, 0.05) is 27.8 Å². The fourth-order valence-electron chi connectivity index (χ4n) is 3.58. The van der Waals surface area contributed by atoms with Gasteiger partial charge in [0.05, 0.1) is 30.5 Å². The highest BCUT2D eigenvalue weighted by Gasteiger charge is 2.20. The van der Waals surface area contributed by atoms with E-state index >= 15 is 0 Å². The van der Waals surface area contributed by atoms with E-state index in [4.69, 9.17) is 14.4 Å². The number of fused-ring (bicyclic) bond motifs is 1. The van der Waals surface area contributed by atoms with Gasteiger partial charge in [-0.2, -0.15) is 0 Å². The van der Waals surface area contributed by atoms with E-state index in [2.05, 4.69) is 10.3 Å². The van der Waals surface area contributed by atoms with Crippen LogP contribution in [0.5, 0.6) is 5.75 Å². The molecule has 3 N–H and O–H groups in total. The molecule has 0 aliphatic carbocycles. The van der Waals surface area contributed by atoms with Gasteiger partial charge in [-0.15, -0.1) is 0 Å². The average molecular weight is 445 g/mol. The SMILES string of the molecule is Cc1cc(COc2ccc(C(=O)NC(CC(=O)NO)c3ccoc3)cc2)c2ccccc2n1. The second kappa shape index (κ2) is 9.97. The van der Waals surface area contributed by atoms with E-state index in [9.17, 15) is 9.59 Å². The molecule has 4 rings (SSSR count). The molecule has 0 fully saturated rings. The summed E-state index contributed by atoms with van der Waals surface area (Å²) >= 11 is 0. The largest absolute Gasteiger partial charge is 0.489 e. The first-order chi connectivity index (χ1) is 16.0. The van der Waals surface area contributed by atoms with Crippen molar-refractivity contribution in [2.45, 2.75) is 26.0 Å². The summed E-state index contributed by atoms with van der Waals surface area (Å²) in [5.74, 6) is -0.366. The molecule has 0 radical (unpaired) electrons. The molecule has 0 saturated heterocycles. The standard InChI is InChI=1S/C25H23N3O5/c1-16-12-19(21-4-2-3-5-22(21)26-16)15-33-20-8-6-17(7-9-20)25(30)27-23(13-24(29)28-31)18-10-11-32-14-18/h2-12,14,23,31H,13,15H2,1H3,(H,27,30)(H,28,29). The maximum Gasteiger partial charge on any atom is 0.251 e. The van der Waals surface area contributed by atoms with Crippen LogP contribution >= 0.6 is 0 Å². The summed E-state index contributed by atoms with van der Waals surface area (Å²) in [7, 11) is 0. The third kappa shape index (κ3) is 5.36. The summed E-state index contributed by atoms with van der Waals surface area (Å²) in [4.78, 5) is 28.9. The Bertz CT molecular complexity index is 1250. The van der Waals surface area contributed by atoms with E-state index in [-0.39, 0.29) is 12.3 Å². The van der Waals surface area contributed by atoms with Crippen LogP contribution in [0.15, 0.2) is 77.6 Å². The summed E-state index contributed by atoms with van der Waals surface area (Å²) in [6.07, 6.45) is 2.75. The molecular formula is C25H23N3O5. The third-order valence-electron chi connectivity index (χ3n) is 5.21. The lowest BCUT2D eigenvalue weighted by Gasteiger charge is -2.16. The second-order valence-electron chi connectivity index (χ2n) is 7.57. The number of carbonyl (C=O) groups is 2. The van der Waals surface area contributed by atoms with Crippen LogP contribution in [0.4, 0.5) is 0 Å². The minimum Gasteiger partial charge on any atom is -0.489 e. The van der Waals surface area contributed by atoms with Crippen molar-refractivity contribution in [1.29, 1.82) is 0 Å². The summed E-state index contributed by atoms with van der Waals surface area (Å²) in [6.45, 7) is 2.32. The Morgan fingerprint density at radius 1 is 1.12 bits per heavy atom. The first-order valence-electron chi connectivity index (χ1n) is 10.4. The van der Waals surface area contributed by atoms with Crippen molar-refractivity contribution in [3.05, 3.63) is 95.6 Å². The zero-order valence-corrected chi connectivity index (χ0v) is 17.9. The number of nitrogens with zero attached hydrogens (tertiary/aromatic N) is 1. The molecule has 2 aromatic heterocycles. The predicted molar refractivity (Wildman–Crippen MR) is 121 cm³/mol. The molecule has 2 amide bonds. The van der Waals surface area contributed by atoms with Crippen molar-refractivity contribution in [1.82, 2.24) is 15.8 Å². The second-order valence-corrected chi connectivity index (χ2v) is 7.57. The van der Waals surface area contributed by atoms with Gasteiger partial charge in [0.15, 0.2) is 0 Å². The van der Waals surface area contributed by atoms with Crippen molar-refractivity contribution in [2.75, 3.05) is 0 Å². The van der Waals surface area contributed by atoms with Gasteiger partial charge in [-0.05, 0) is 49.4 Å². The molecule has 2 heterocycles. The molecule has 168 valence electrons. The molecule has 0 spiro atoms. The number of benzene rings is 2. The molecular weight excluding hydrogens is 422 g/mol. The number of carbonyl (C=O) groups excluding carboxylic acids is 2. The Hall–Kier alpha value is -4.17. The Morgan fingerprint density at radius 3 is 2.64 bits per heavy atom. The van der Waals surface area contributed by atoms with Gasteiger partial charge in [-0.25, -0.2) is 5.48 Å². The Balaban J connectivity index is 1.43. The van der Waals surface area contributed by atoms with Crippen molar-refractivity contribution >= 4 is 22.7 Å². The van der Waals surface area contributed by atoms with Crippen LogP contribution in [-0.4, -0.2) is 22.0 Å². The molecule has 2 aromatic carbocycles. The summed E-state index contributed by atoms with van der Waals surface area (Å²) in [5.41, 5.74) is 5.48. The molecule has 0 bridgehead atoms. The number of hydrogen-bond acceptors (Lipinski definition) is 6. The van der Waals surface area contributed by atoms with Crippen LogP contribution in [0, 0.1) is 6.92 Å². The number of pyridine rings is 1. The van der Waals surface area contributed by atoms with Crippen LogP contribution in [0.2, 0.25) is 0 Å². The fourth-order valence-corrected chi connectivity index (χ4v) is 3.58. The highest BCUT2D eigenvalue weighted by molar-refractivity contribution is 5.95. The van der Waals surface area contributed by atoms with Crippen molar-refractivity contribution in [2.24, 2.45) is 0 Å². The van der Waals surface area contributed by atoms with Crippen LogP contribution in [0.1, 0.15) is 39.6 Å². The number of hydrogen-bond donors (Lipinski definition) is 3. The van der Waals surface area contributed by atoms with E-state index in [1.807, 2.05) is 37.3 Å². The van der Waals surface area contributed by atoms with Crippen LogP contribution in [-0.2, 0) is 11.4 Å². The third-order valence-corrected chi connectivity index (χ3v) is 5.21. The number of ether oxygens (including phenoxy) is 1. The maximum absolute atomic E-state index is 12.7. The van der Waals surface area contributed by atoms with Crippen molar-refractivity contribution in [3.8, 4) is 5.75 Å². The van der Waals surface area contributed by atoms with Crippen molar-refractivity contribution < 1.29 is 24.0 Å². The summed E-state index contributed by atoms with van der Waals surface area (Å²) in [5, 5.41) is 12.6. The van der Waals surface area contributed by atoms with Gasteiger partial charge in [0.1, 0.15) is 12.4 Å². The van der Waals surface area contributed by atoms with E-state index < -0.39 is 11.9 Å². The molecule has 0 aliphatic rings. The molecule has 8 nitrogen and oxygen atoms in total. The monoisotopic (exact) mass is 445 g/mol. The topological polar surface area (TPSA) is 114 Å². The minimum absolute atomic E-state index is 0.137. The summed E-state index contributed by atoms with van der Waals surface area (Å²) in [6, 6.07) is 17.7. The highest BCUT2D eigenvalue weighted by atomic mass is 16.5. The molecule has 0 aliphatic heterocycles. The van der Waals surface area contributed by atoms with E-state index in [0.717, 1.165) is 22.2 Å². The molecule has 0 saturated carbocycles. The van der Waals surface area contributed by atoms with Gasteiger partial charge < -0.3 is 14.5 Å². The number of hydroxylamine groups is 1. The minimum atomic E-state index is -0.650. The zero-order valence-electron chi connectivity index (χ0n) is 17.9. The number of nitrogens with one attached hydrogen (secondary N) is 2. The van der Waals surface area contributed by atoms with Gasteiger partial charge in [-0.3, -0.25) is 19.8 Å². The number of furan rings is 1. The Labute approximate surface area is 190 Å². The predicted octanol–water partition coefficient (Wildman–Crippen LogP) is 4.08. The summed E-state index contributed by atoms with van der Waals surface area (Å²) < 4.78 is 11.0. The number of aromatic nitrogens is 1. The van der Waals surface area contributed by atoms with E-state index in [0.29, 0.717) is 23.5 Å². The molecule has 4 aromatic rings. The molecule has 33 heavy (non-hydrogen) atoms. The molecule has 8 heteroatoms. The van der Waals surface area contributed by atoms with Crippen LogP contribution < -0.4 is 15.5 Å². The number of amides is 2. The zero-order chi connectivity index (χ0) is 23.2. The number of aryl methyl sites for hydroxylation is 1. The fraction of sp³-hybridized carbons (Fsp3) is 0.160. The highest BCUT2D eigenvalue weighted by Crippen LogP contribution is 2.22. The Morgan fingerprint density at radius 2 is 1.91 bits per heavy atom. The quantitative estimate of drug-likeness (QED) is 0.278. The smallest absolute Gasteiger partial charge is 0.251 e. The molecule has 1 unspecified atom stereocenters. The normalized spacial score (nSPS) is 11.7. The lowest BCUT2D eigenvalue weighted by molar-refractivity contribution is -0.129. The van der Waals surface area contributed by atoms with Gasteiger partial charge >= 0.3 is 0 Å². The van der Waals surface area contributed by atoms with E-state index in [1.165, 1.54) is 12.5 Å². The maximum atomic E-state index is 12.7. The first-order valence-corrected chi connectivity index (χ1v) is 10.4.